The summed E-state index contributed by atoms with van der Waals surface area (Å²) in [7, 11) is 0. The molecule has 0 spiro atoms. The molecule has 0 radical (unpaired) electrons. The SMILES string of the molecule is O=[N+]([O-])c1ccc(COc2ccc(CO)cc2Br)c(Br)c1. The third kappa shape index (κ3) is 4.03. The number of aliphatic hydroxyl groups is 1. The molecule has 2 aromatic rings. The molecule has 0 aliphatic rings. The molecule has 0 unspecified atom stereocenters. The minimum atomic E-state index is -0.445. The molecule has 0 aliphatic heterocycles. The van der Waals surface area contributed by atoms with Gasteiger partial charge in [0.25, 0.3) is 5.69 Å². The smallest absolute Gasteiger partial charge is 0.270 e. The van der Waals surface area contributed by atoms with Crippen LogP contribution in [0.1, 0.15) is 11.1 Å². The third-order valence-electron chi connectivity index (χ3n) is 2.81. The van der Waals surface area contributed by atoms with E-state index in [-0.39, 0.29) is 18.9 Å². The molecular formula is C14H11Br2NO4. The van der Waals surface area contributed by atoms with Crippen LogP contribution in [0.4, 0.5) is 5.69 Å². The van der Waals surface area contributed by atoms with Crippen molar-refractivity contribution >= 4 is 37.5 Å². The Balaban J connectivity index is 2.11. The highest BCUT2D eigenvalue weighted by Crippen LogP contribution is 2.29. The molecule has 0 heterocycles. The number of aliphatic hydroxyl groups excluding tert-OH is 1. The minimum Gasteiger partial charge on any atom is -0.488 e. The predicted molar refractivity (Wildman–Crippen MR) is 85.2 cm³/mol. The topological polar surface area (TPSA) is 72.6 Å². The van der Waals surface area contributed by atoms with Crippen molar-refractivity contribution < 1.29 is 14.8 Å². The summed E-state index contributed by atoms with van der Waals surface area (Å²) in [5.74, 6) is 0.637. The lowest BCUT2D eigenvalue weighted by molar-refractivity contribution is -0.384. The molecule has 2 aromatic carbocycles. The van der Waals surface area contributed by atoms with Crippen molar-refractivity contribution in [3.05, 3.63) is 66.6 Å². The Labute approximate surface area is 138 Å². The summed E-state index contributed by atoms with van der Waals surface area (Å²) in [6, 6.07) is 9.84. The average molecular weight is 417 g/mol. The molecule has 5 nitrogen and oxygen atoms in total. The summed E-state index contributed by atoms with van der Waals surface area (Å²) in [5.41, 5.74) is 1.61. The quantitative estimate of drug-likeness (QED) is 0.585. The molecule has 0 amide bonds. The number of halogens is 2. The highest BCUT2D eigenvalue weighted by molar-refractivity contribution is 9.10. The molecule has 0 saturated carbocycles. The van der Waals surface area contributed by atoms with Gasteiger partial charge in [0.1, 0.15) is 12.4 Å². The van der Waals surface area contributed by atoms with E-state index in [4.69, 9.17) is 9.84 Å². The van der Waals surface area contributed by atoms with Crippen LogP contribution in [-0.2, 0) is 13.2 Å². The molecule has 7 heteroatoms. The van der Waals surface area contributed by atoms with Crippen molar-refractivity contribution in [1.29, 1.82) is 0 Å². The number of nitro groups is 1. The van der Waals surface area contributed by atoms with E-state index in [1.54, 1.807) is 24.3 Å². The van der Waals surface area contributed by atoms with Gasteiger partial charge in [-0.25, -0.2) is 0 Å². The second-order valence-corrected chi connectivity index (χ2v) is 5.95. The Morgan fingerprint density at radius 1 is 1.14 bits per heavy atom. The summed E-state index contributed by atoms with van der Waals surface area (Å²) in [6.45, 7) is 0.239. The van der Waals surface area contributed by atoms with Crippen molar-refractivity contribution in [3.63, 3.8) is 0 Å². The number of non-ortho nitro benzene ring substituents is 1. The number of hydrogen-bond donors (Lipinski definition) is 1. The molecule has 21 heavy (non-hydrogen) atoms. The summed E-state index contributed by atoms with van der Waals surface area (Å²) >= 11 is 6.67. The zero-order valence-electron chi connectivity index (χ0n) is 10.8. The largest absolute Gasteiger partial charge is 0.488 e. The van der Waals surface area contributed by atoms with Gasteiger partial charge >= 0.3 is 0 Å². The standard InChI is InChI=1S/C14H11Br2NO4/c15-12-6-11(17(19)20)3-2-10(12)8-21-14-4-1-9(7-18)5-13(14)16/h1-6,18H,7-8H2. The van der Waals surface area contributed by atoms with Gasteiger partial charge in [0.15, 0.2) is 0 Å². The molecule has 0 atom stereocenters. The van der Waals surface area contributed by atoms with Crippen molar-refractivity contribution in [2.24, 2.45) is 0 Å². The van der Waals surface area contributed by atoms with Gasteiger partial charge in [-0.2, -0.15) is 0 Å². The second-order valence-electron chi connectivity index (χ2n) is 4.24. The maximum atomic E-state index is 10.7. The van der Waals surface area contributed by atoms with Gasteiger partial charge in [0.05, 0.1) is 16.0 Å². The number of ether oxygens (including phenoxy) is 1. The maximum absolute atomic E-state index is 10.7. The van der Waals surface area contributed by atoms with Gasteiger partial charge < -0.3 is 9.84 Å². The molecule has 0 aromatic heterocycles. The van der Waals surface area contributed by atoms with E-state index in [0.717, 1.165) is 15.6 Å². The number of benzene rings is 2. The molecular weight excluding hydrogens is 406 g/mol. The van der Waals surface area contributed by atoms with Crippen LogP contribution >= 0.6 is 31.9 Å². The zero-order valence-corrected chi connectivity index (χ0v) is 13.9. The van der Waals surface area contributed by atoms with E-state index in [1.807, 2.05) is 0 Å². The van der Waals surface area contributed by atoms with Gasteiger partial charge in [0.2, 0.25) is 0 Å². The molecule has 110 valence electrons. The lowest BCUT2D eigenvalue weighted by atomic mass is 10.2. The molecule has 0 fully saturated rings. The normalized spacial score (nSPS) is 10.4. The van der Waals surface area contributed by atoms with E-state index >= 15 is 0 Å². The second kappa shape index (κ2) is 7.02. The third-order valence-corrected chi connectivity index (χ3v) is 4.17. The van der Waals surface area contributed by atoms with Crippen LogP contribution in [0.25, 0.3) is 0 Å². The summed E-state index contributed by atoms with van der Waals surface area (Å²) in [5, 5.41) is 19.7. The molecule has 0 saturated heterocycles. The van der Waals surface area contributed by atoms with E-state index in [2.05, 4.69) is 31.9 Å². The Hall–Kier alpha value is -1.44. The fourth-order valence-corrected chi connectivity index (χ4v) is 2.70. The number of hydrogen-bond acceptors (Lipinski definition) is 4. The lowest BCUT2D eigenvalue weighted by Crippen LogP contribution is -1.98. The van der Waals surface area contributed by atoms with Gasteiger partial charge in [-0.1, -0.05) is 22.0 Å². The Morgan fingerprint density at radius 3 is 2.48 bits per heavy atom. The van der Waals surface area contributed by atoms with E-state index < -0.39 is 4.92 Å². The van der Waals surface area contributed by atoms with Gasteiger partial charge in [0, 0.05) is 22.2 Å². The van der Waals surface area contributed by atoms with Gasteiger partial charge in [-0.05, 0) is 39.7 Å². The van der Waals surface area contributed by atoms with Crippen molar-refractivity contribution in [1.82, 2.24) is 0 Å². The van der Waals surface area contributed by atoms with Crippen LogP contribution in [0.3, 0.4) is 0 Å². The fraction of sp³-hybridized carbons (Fsp3) is 0.143. The van der Waals surface area contributed by atoms with Gasteiger partial charge in [-0.15, -0.1) is 0 Å². The van der Waals surface area contributed by atoms with Crippen LogP contribution in [0, 0.1) is 10.1 Å². The first kappa shape index (κ1) is 15.9. The van der Waals surface area contributed by atoms with Crippen LogP contribution in [0.5, 0.6) is 5.75 Å². The first-order valence-corrected chi connectivity index (χ1v) is 7.54. The van der Waals surface area contributed by atoms with E-state index in [9.17, 15) is 10.1 Å². The fourth-order valence-electron chi connectivity index (χ4n) is 1.68. The summed E-state index contributed by atoms with van der Waals surface area (Å²) < 4.78 is 7.04. The van der Waals surface area contributed by atoms with Crippen LogP contribution in [0.15, 0.2) is 45.3 Å². The van der Waals surface area contributed by atoms with Crippen LogP contribution < -0.4 is 4.74 Å². The van der Waals surface area contributed by atoms with E-state index in [1.165, 1.54) is 12.1 Å². The number of nitro benzene ring substituents is 1. The highest BCUT2D eigenvalue weighted by Gasteiger charge is 2.10. The predicted octanol–water partition coefficient (Wildman–Crippen LogP) is 4.19. The van der Waals surface area contributed by atoms with Crippen LogP contribution in [0.2, 0.25) is 0 Å². The van der Waals surface area contributed by atoms with Crippen molar-refractivity contribution in [2.75, 3.05) is 0 Å². The first-order valence-electron chi connectivity index (χ1n) is 5.96. The minimum absolute atomic E-state index is 0.0269. The van der Waals surface area contributed by atoms with Crippen LogP contribution in [-0.4, -0.2) is 10.0 Å². The maximum Gasteiger partial charge on any atom is 0.270 e. The molecule has 0 aliphatic carbocycles. The highest BCUT2D eigenvalue weighted by atomic mass is 79.9. The Morgan fingerprint density at radius 2 is 1.90 bits per heavy atom. The summed E-state index contributed by atoms with van der Waals surface area (Å²) in [6.07, 6.45) is 0. The first-order chi connectivity index (χ1) is 10.0. The Bertz CT molecular complexity index is 676. The van der Waals surface area contributed by atoms with Crippen molar-refractivity contribution in [2.45, 2.75) is 13.2 Å². The average Bonchev–Trinajstić information content (AvgIpc) is 2.46. The Kier molecular flexibility index (Phi) is 5.33. The summed E-state index contributed by atoms with van der Waals surface area (Å²) in [4.78, 5) is 10.2. The van der Waals surface area contributed by atoms with Crippen molar-refractivity contribution in [3.8, 4) is 5.75 Å². The number of rotatable bonds is 5. The van der Waals surface area contributed by atoms with E-state index in [0.29, 0.717) is 10.2 Å². The number of nitrogens with zero attached hydrogens (tertiary/aromatic N) is 1. The molecule has 0 bridgehead atoms. The lowest BCUT2D eigenvalue weighted by Gasteiger charge is -2.10. The molecule has 2 rings (SSSR count). The molecule has 1 N–H and O–H groups in total. The monoisotopic (exact) mass is 415 g/mol. The van der Waals surface area contributed by atoms with Gasteiger partial charge in [-0.3, -0.25) is 10.1 Å². The zero-order chi connectivity index (χ0) is 15.4.